The van der Waals surface area contributed by atoms with E-state index in [1.54, 1.807) is 65.8 Å². The number of hydrogen-bond acceptors (Lipinski definition) is 10. The van der Waals surface area contributed by atoms with E-state index in [4.69, 9.17) is 9.97 Å². The molecule has 2 N–H and O–H groups in total. The summed E-state index contributed by atoms with van der Waals surface area (Å²) in [5.41, 5.74) is 6.94. The quantitative estimate of drug-likeness (QED) is 0.137. The zero-order valence-electron chi connectivity index (χ0n) is 40.6. The topological polar surface area (TPSA) is 156 Å². The van der Waals surface area contributed by atoms with Gasteiger partial charge >= 0.3 is 0 Å². The molecule has 0 atom stereocenters. The van der Waals surface area contributed by atoms with Gasteiger partial charge in [-0.2, -0.15) is 0 Å². The number of imide groups is 1. The van der Waals surface area contributed by atoms with Gasteiger partial charge in [0.2, 0.25) is 5.91 Å². The number of fused-ring (bicyclic) bond motifs is 4. The number of likely N-dealkylation sites (tertiary alicyclic amines) is 2. The van der Waals surface area contributed by atoms with Crippen LogP contribution >= 0.6 is 0 Å². The lowest BCUT2D eigenvalue weighted by Crippen LogP contribution is -2.58. The third-order valence-electron chi connectivity index (χ3n) is 16.2. The van der Waals surface area contributed by atoms with Gasteiger partial charge in [0, 0.05) is 85.5 Å². The highest BCUT2D eigenvalue weighted by molar-refractivity contribution is 6.22. The Labute approximate surface area is 417 Å². The van der Waals surface area contributed by atoms with Crippen LogP contribution in [0.5, 0.6) is 0 Å². The van der Waals surface area contributed by atoms with Gasteiger partial charge in [0.05, 0.1) is 39.8 Å². The van der Waals surface area contributed by atoms with E-state index in [9.17, 15) is 19.2 Å². The molecule has 1 spiro atoms. The van der Waals surface area contributed by atoms with Gasteiger partial charge in [-0.05, 0) is 138 Å². The first-order valence-corrected chi connectivity index (χ1v) is 25.5. The molecule has 3 saturated heterocycles. The summed E-state index contributed by atoms with van der Waals surface area (Å²) < 4.78 is 17.1. The molecule has 7 heterocycles. The molecular formula is C56H57FN10O5. The molecule has 15 nitrogen and oxygen atoms in total. The van der Waals surface area contributed by atoms with E-state index in [2.05, 4.69) is 51.3 Å². The molecule has 1 saturated carbocycles. The smallest absolute Gasteiger partial charge is 0.259 e. The molecule has 1 aliphatic carbocycles. The summed E-state index contributed by atoms with van der Waals surface area (Å²) in [4.78, 5) is 87.6. The lowest BCUT2D eigenvalue weighted by molar-refractivity contribution is -0.125. The number of piperidine rings is 2. The Morgan fingerprint density at radius 3 is 2.11 bits per heavy atom. The number of carbonyl (C=O) groups is 5. The third kappa shape index (κ3) is 7.77. The minimum Gasteiger partial charge on any atom is -0.368 e. The summed E-state index contributed by atoms with van der Waals surface area (Å²) in [5.74, 6) is -0.833. The van der Waals surface area contributed by atoms with E-state index in [0.29, 0.717) is 97.6 Å². The first-order valence-electron chi connectivity index (χ1n) is 25.5. The van der Waals surface area contributed by atoms with Crippen molar-refractivity contribution in [1.29, 1.82) is 0 Å². The van der Waals surface area contributed by atoms with Crippen molar-refractivity contribution >= 4 is 63.4 Å². The van der Waals surface area contributed by atoms with Crippen LogP contribution in [0.2, 0.25) is 0 Å². The standard InChI is InChI=1S/C56H57FN10O5/c1-34(2)66-33-58-47-32-46(60-50(49(47)66)59-45-9-5-4-8-44(45)57)37-14-17-43-48(28-37)67(40-29-39(30-40)62-20-6-3-7-21-62)55(72)56(43)18-22-64(23-19-56)53(70)35-10-12-36(13-11-35)54(71)65-26-24-63(25-27-65)38-15-16-41-42(31-38)52(69)61-51(41)68/h4-5,8-17,28,31-34,39-40H,3,6-7,18-27,29-30H2,1-2H3,(H,59,60)(H,61,68,69). The molecular weight excluding hydrogens is 912 g/mol. The number of imidazole rings is 1. The number of carbonyl (C=O) groups excluding carboxylic acids is 5. The van der Waals surface area contributed by atoms with Gasteiger partial charge in [0.25, 0.3) is 23.6 Å². The summed E-state index contributed by atoms with van der Waals surface area (Å²) in [7, 11) is 0. The van der Waals surface area contributed by atoms with Crippen LogP contribution in [-0.2, 0) is 10.2 Å². The second-order valence-electron chi connectivity index (χ2n) is 20.6. The fourth-order valence-corrected chi connectivity index (χ4v) is 12.1. The average Bonchev–Trinajstić information content (AvgIpc) is 4.03. The van der Waals surface area contributed by atoms with E-state index in [1.165, 1.54) is 25.3 Å². The molecule has 0 bridgehead atoms. The van der Waals surface area contributed by atoms with Crippen LogP contribution in [0.4, 0.5) is 27.3 Å². The number of para-hydroxylation sites is 1. The van der Waals surface area contributed by atoms with Crippen molar-refractivity contribution in [3.05, 3.63) is 131 Å². The van der Waals surface area contributed by atoms with Crippen molar-refractivity contribution in [3.63, 3.8) is 0 Å². The number of rotatable bonds is 9. The van der Waals surface area contributed by atoms with Crippen molar-refractivity contribution in [3.8, 4) is 11.3 Å². The van der Waals surface area contributed by atoms with Crippen LogP contribution in [0.15, 0.2) is 97.3 Å². The third-order valence-corrected chi connectivity index (χ3v) is 16.2. The van der Waals surface area contributed by atoms with E-state index in [1.807, 2.05) is 27.7 Å². The van der Waals surface area contributed by atoms with Crippen molar-refractivity contribution in [2.24, 2.45) is 0 Å². The maximum absolute atomic E-state index is 15.2. The Hall–Kier alpha value is -7.46. The number of anilines is 4. The first kappa shape index (κ1) is 45.7. The molecule has 16 heteroatoms. The molecule has 4 fully saturated rings. The number of piperazine rings is 1. The Balaban J connectivity index is 0.767. The minimum absolute atomic E-state index is 0.0558. The van der Waals surface area contributed by atoms with Crippen molar-refractivity contribution in [2.75, 3.05) is 67.5 Å². The van der Waals surface area contributed by atoms with E-state index in [0.717, 1.165) is 59.5 Å². The maximum atomic E-state index is 15.2. The molecule has 2 aromatic heterocycles. The van der Waals surface area contributed by atoms with Gasteiger partial charge in [0.15, 0.2) is 5.82 Å². The van der Waals surface area contributed by atoms with Crippen LogP contribution in [0.3, 0.4) is 0 Å². The molecule has 6 aliphatic rings. The number of benzene rings is 4. The monoisotopic (exact) mass is 968 g/mol. The van der Waals surface area contributed by atoms with Gasteiger partial charge < -0.3 is 34.4 Å². The molecule has 0 radical (unpaired) electrons. The van der Waals surface area contributed by atoms with Gasteiger partial charge in [0.1, 0.15) is 11.3 Å². The van der Waals surface area contributed by atoms with Gasteiger partial charge in [-0.25, -0.2) is 14.4 Å². The molecule has 72 heavy (non-hydrogen) atoms. The highest BCUT2D eigenvalue weighted by atomic mass is 19.1. The van der Waals surface area contributed by atoms with Crippen molar-refractivity contribution in [2.45, 2.75) is 82.3 Å². The van der Waals surface area contributed by atoms with Gasteiger partial charge in [-0.1, -0.05) is 30.7 Å². The molecule has 368 valence electrons. The molecule has 5 aliphatic heterocycles. The number of nitrogens with one attached hydrogen (secondary N) is 2. The Bertz CT molecular complexity index is 3180. The number of aromatic nitrogens is 3. The summed E-state index contributed by atoms with van der Waals surface area (Å²) in [5, 5.41) is 5.60. The van der Waals surface area contributed by atoms with E-state index in [-0.39, 0.29) is 41.5 Å². The lowest BCUT2D eigenvalue weighted by atomic mass is 9.73. The zero-order chi connectivity index (χ0) is 49.4. The van der Waals surface area contributed by atoms with Crippen LogP contribution < -0.4 is 20.4 Å². The average molecular weight is 969 g/mol. The summed E-state index contributed by atoms with van der Waals surface area (Å²) >= 11 is 0. The largest absolute Gasteiger partial charge is 0.368 e. The van der Waals surface area contributed by atoms with Crippen molar-refractivity contribution < 1.29 is 28.4 Å². The Morgan fingerprint density at radius 2 is 1.42 bits per heavy atom. The van der Waals surface area contributed by atoms with Gasteiger partial charge in [-0.15, -0.1) is 0 Å². The van der Waals surface area contributed by atoms with Gasteiger partial charge in [-0.3, -0.25) is 29.3 Å². The second-order valence-corrected chi connectivity index (χ2v) is 20.6. The molecule has 12 rings (SSSR count). The number of halogens is 1. The summed E-state index contributed by atoms with van der Waals surface area (Å²) in [6.45, 7) is 9.23. The molecule has 4 aromatic carbocycles. The second kappa shape index (κ2) is 18.0. The molecule has 6 aromatic rings. The number of nitrogens with zero attached hydrogens (tertiary/aromatic N) is 8. The number of pyridine rings is 1. The lowest BCUT2D eigenvalue weighted by Gasteiger charge is -2.48. The maximum Gasteiger partial charge on any atom is 0.259 e. The zero-order valence-corrected chi connectivity index (χ0v) is 40.6. The Kier molecular flexibility index (Phi) is 11.4. The van der Waals surface area contributed by atoms with Crippen LogP contribution in [0, 0.1) is 5.82 Å². The highest BCUT2D eigenvalue weighted by Gasteiger charge is 2.56. The number of amides is 5. The normalized spacial score (nSPS) is 20.8. The van der Waals surface area contributed by atoms with Crippen LogP contribution in [0.1, 0.15) is 112 Å². The predicted octanol–water partition coefficient (Wildman–Crippen LogP) is 7.95. The predicted molar refractivity (Wildman–Crippen MR) is 272 cm³/mol. The van der Waals surface area contributed by atoms with E-state index < -0.39 is 11.3 Å². The van der Waals surface area contributed by atoms with E-state index >= 15 is 9.18 Å². The summed E-state index contributed by atoms with van der Waals surface area (Å²) in [6.07, 6.45) is 8.28. The molecule has 0 unspecified atom stereocenters. The highest BCUT2D eigenvalue weighted by Crippen LogP contribution is 2.52. The van der Waals surface area contributed by atoms with Crippen LogP contribution in [0.25, 0.3) is 22.3 Å². The number of hydrogen-bond donors (Lipinski definition) is 2. The van der Waals surface area contributed by atoms with Crippen LogP contribution in [-0.4, -0.2) is 123 Å². The minimum atomic E-state index is -0.791. The molecule has 5 amide bonds. The summed E-state index contributed by atoms with van der Waals surface area (Å²) in [6, 6.07) is 27.4. The fraction of sp³-hybridized carbons (Fsp3) is 0.375. The fourth-order valence-electron chi connectivity index (χ4n) is 12.1. The van der Waals surface area contributed by atoms with Crippen molar-refractivity contribution in [1.82, 2.24) is 34.6 Å². The first-order chi connectivity index (χ1) is 34.9. The Morgan fingerprint density at radius 1 is 0.736 bits per heavy atom. The SMILES string of the molecule is CC(C)n1cnc2cc(-c3ccc4c(c3)N(C3CC(N5CCCCC5)C3)C(=O)C43CCN(C(=O)c4ccc(C(=O)N5CCN(c6ccc7c(c6)C(=O)NC7=O)CC5)cc4)CC3)nc(Nc3ccccc3F)c21.